The van der Waals surface area contributed by atoms with E-state index in [-0.39, 0.29) is 11.9 Å². The number of rotatable bonds is 7. The van der Waals surface area contributed by atoms with Crippen molar-refractivity contribution in [1.29, 1.82) is 0 Å². The number of hydrogen-bond acceptors (Lipinski definition) is 1. The first-order valence-corrected chi connectivity index (χ1v) is 8.32. The standard InChI is InChI=1S/C20H26N2O/c1-4-17-10-12-18(13-11-17)14-22(3)15-20(23)21-16(2)19-8-6-5-7-9-19/h5-13,16H,4,14-15H2,1-3H3,(H,21,23)/p+1/t16-/m1/s1. The zero-order valence-electron chi connectivity index (χ0n) is 14.3. The molecule has 1 amide bonds. The number of amides is 1. The molecule has 0 aliphatic rings. The Kier molecular flexibility index (Phi) is 6.36. The Bertz CT molecular complexity index is 607. The average molecular weight is 311 g/mol. The smallest absolute Gasteiger partial charge is 0.275 e. The number of nitrogens with one attached hydrogen (secondary N) is 2. The minimum atomic E-state index is 0.0420. The van der Waals surface area contributed by atoms with Gasteiger partial charge in [0.25, 0.3) is 5.91 Å². The van der Waals surface area contributed by atoms with Crippen molar-refractivity contribution < 1.29 is 9.69 Å². The lowest BCUT2D eigenvalue weighted by Gasteiger charge is -2.17. The monoisotopic (exact) mass is 311 g/mol. The van der Waals surface area contributed by atoms with Gasteiger partial charge in [-0.25, -0.2) is 0 Å². The van der Waals surface area contributed by atoms with Crippen LogP contribution in [0.25, 0.3) is 0 Å². The maximum Gasteiger partial charge on any atom is 0.275 e. The molecule has 0 saturated heterocycles. The summed E-state index contributed by atoms with van der Waals surface area (Å²) in [4.78, 5) is 13.4. The van der Waals surface area contributed by atoms with Crippen LogP contribution in [0.1, 0.15) is 36.6 Å². The van der Waals surface area contributed by atoms with Crippen LogP contribution < -0.4 is 10.2 Å². The zero-order chi connectivity index (χ0) is 16.7. The fourth-order valence-corrected chi connectivity index (χ4v) is 2.70. The summed E-state index contributed by atoms with van der Waals surface area (Å²) < 4.78 is 0. The fraction of sp³-hybridized carbons (Fsp3) is 0.350. The van der Waals surface area contributed by atoms with Crippen molar-refractivity contribution in [3.63, 3.8) is 0 Å². The lowest BCUT2D eigenvalue weighted by Crippen LogP contribution is -3.08. The first kappa shape index (κ1) is 17.2. The molecule has 0 spiro atoms. The Hall–Kier alpha value is -2.13. The fourth-order valence-electron chi connectivity index (χ4n) is 2.70. The van der Waals surface area contributed by atoms with E-state index in [1.807, 2.05) is 37.3 Å². The predicted molar refractivity (Wildman–Crippen MR) is 94.3 cm³/mol. The molecule has 2 aromatic rings. The van der Waals surface area contributed by atoms with Crippen LogP contribution in [0.3, 0.4) is 0 Å². The number of likely N-dealkylation sites (N-methyl/N-ethyl adjacent to an activating group) is 1. The molecule has 0 heterocycles. The molecule has 1 unspecified atom stereocenters. The summed E-state index contributed by atoms with van der Waals surface area (Å²) in [7, 11) is 2.06. The van der Waals surface area contributed by atoms with Crippen LogP contribution in [-0.4, -0.2) is 19.5 Å². The summed E-state index contributed by atoms with van der Waals surface area (Å²) in [5.74, 6) is 0.0871. The van der Waals surface area contributed by atoms with E-state index in [0.29, 0.717) is 6.54 Å². The van der Waals surface area contributed by atoms with Gasteiger partial charge in [0.2, 0.25) is 0 Å². The molecule has 0 aliphatic heterocycles. The minimum Gasteiger partial charge on any atom is -0.345 e. The molecule has 122 valence electrons. The summed E-state index contributed by atoms with van der Waals surface area (Å²) >= 11 is 0. The van der Waals surface area contributed by atoms with Gasteiger partial charge in [-0.3, -0.25) is 4.79 Å². The predicted octanol–water partition coefficient (Wildman–Crippen LogP) is 2.14. The SMILES string of the molecule is CCc1ccc(C[NH+](C)CC(=O)N[C@H](C)c2ccccc2)cc1. The highest BCUT2D eigenvalue weighted by atomic mass is 16.2. The number of carbonyl (C=O) groups is 1. The number of carbonyl (C=O) groups excluding carboxylic acids is 1. The van der Waals surface area contributed by atoms with E-state index in [4.69, 9.17) is 0 Å². The summed E-state index contributed by atoms with van der Waals surface area (Å²) in [6.07, 6.45) is 1.06. The number of aryl methyl sites for hydroxylation is 1. The molecule has 0 radical (unpaired) electrons. The molecule has 0 aliphatic carbocycles. The number of quaternary nitrogens is 1. The summed E-state index contributed by atoms with van der Waals surface area (Å²) in [6.45, 7) is 5.51. The maximum atomic E-state index is 12.2. The maximum absolute atomic E-state index is 12.2. The van der Waals surface area contributed by atoms with Gasteiger partial charge in [0, 0.05) is 5.56 Å². The molecule has 2 atom stereocenters. The molecule has 0 bridgehead atoms. The third-order valence-corrected chi connectivity index (χ3v) is 4.08. The minimum absolute atomic E-state index is 0.0420. The Morgan fingerprint density at radius 3 is 2.26 bits per heavy atom. The number of hydrogen-bond donors (Lipinski definition) is 2. The summed E-state index contributed by atoms with van der Waals surface area (Å²) in [6, 6.07) is 18.7. The van der Waals surface area contributed by atoms with Crippen molar-refractivity contribution >= 4 is 5.91 Å². The van der Waals surface area contributed by atoms with Crippen LogP contribution in [0.2, 0.25) is 0 Å². The lowest BCUT2D eigenvalue weighted by molar-refractivity contribution is -0.885. The highest BCUT2D eigenvalue weighted by Crippen LogP contribution is 2.10. The summed E-state index contributed by atoms with van der Waals surface area (Å²) in [5.41, 5.74) is 3.75. The van der Waals surface area contributed by atoms with E-state index >= 15 is 0 Å². The van der Waals surface area contributed by atoms with Crippen molar-refractivity contribution in [2.75, 3.05) is 13.6 Å². The topological polar surface area (TPSA) is 33.5 Å². The Labute approximate surface area is 139 Å². The molecule has 0 fully saturated rings. The quantitative estimate of drug-likeness (QED) is 0.807. The van der Waals surface area contributed by atoms with Gasteiger partial charge in [0.15, 0.2) is 6.54 Å². The molecule has 2 rings (SSSR count). The van der Waals surface area contributed by atoms with E-state index in [9.17, 15) is 4.79 Å². The van der Waals surface area contributed by atoms with Gasteiger partial charge in [-0.05, 0) is 24.5 Å². The second-order valence-corrected chi connectivity index (χ2v) is 6.18. The van der Waals surface area contributed by atoms with Gasteiger partial charge in [0.05, 0.1) is 13.1 Å². The van der Waals surface area contributed by atoms with Crippen LogP contribution in [0.4, 0.5) is 0 Å². The molecular weight excluding hydrogens is 284 g/mol. The molecule has 0 saturated carbocycles. The van der Waals surface area contributed by atoms with Gasteiger partial charge in [-0.15, -0.1) is 0 Å². The Morgan fingerprint density at radius 1 is 1.04 bits per heavy atom. The molecule has 23 heavy (non-hydrogen) atoms. The molecule has 2 N–H and O–H groups in total. The van der Waals surface area contributed by atoms with Gasteiger partial charge in [-0.1, -0.05) is 61.5 Å². The van der Waals surface area contributed by atoms with Gasteiger partial charge >= 0.3 is 0 Å². The second-order valence-electron chi connectivity index (χ2n) is 6.18. The third-order valence-electron chi connectivity index (χ3n) is 4.08. The van der Waals surface area contributed by atoms with E-state index in [1.54, 1.807) is 0 Å². The first-order valence-electron chi connectivity index (χ1n) is 8.32. The van der Waals surface area contributed by atoms with Crippen LogP contribution >= 0.6 is 0 Å². The highest BCUT2D eigenvalue weighted by Gasteiger charge is 2.14. The van der Waals surface area contributed by atoms with Crippen LogP contribution in [0.5, 0.6) is 0 Å². The third kappa shape index (κ3) is 5.53. The summed E-state index contributed by atoms with van der Waals surface area (Å²) in [5, 5.41) is 3.07. The van der Waals surface area contributed by atoms with E-state index in [1.165, 1.54) is 16.0 Å². The molecule has 0 aromatic heterocycles. The molecule has 3 heteroatoms. The average Bonchev–Trinajstić information content (AvgIpc) is 2.56. The second kappa shape index (κ2) is 8.49. The van der Waals surface area contributed by atoms with E-state index in [0.717, 1.165) is 18.5 Å². The van der Waals surface area contributed by atoms with E-state index < -0.39 is 0 Å². The van der Waals surface area contributed by atoms with Crippen molar-refractivity contribution in [3.8, 4) is 0 Å². The zero-order valence-corrected chi connectivity index (χ0v) is 14.3. The van der Waals surface area contributed by atoms with E-state index in [2.05, 4.69) is 43.6 Å². The van der Waals surface area contributed by atoms with Crippen molar-refractivity contribution in [2.45, 2.75) is 32.9 Å². The van der Waals surface area contributed by atoms with Gasteiger partial charge < -0.3 is 10.2 Å². The van der Waals surface area contributed by atoms with Crippen LogP contribution in [0, 0.1) is 0 Å². The normalized spacial score (nSPS) is 13.3. The van der Waals surface area contributed by atoms with Crippen molar-refractivity contribution in [3.05, 3.63) is 71.3 Å². The Balaban J connectivity index is 1.82. The molecule has 2 aromatic carbocycles. The lowest BCUT2D eigenvalue weighted by atomic mass is 10.1. The Morgan fingerprint density at radius 2 is 1.65 bits per heavy atom. The van der Waals surface area contributed by atoms with Gasteiger partial charge in [-0.2, -0.15) is 0 Å². The molecule has 3 nitrogen and oxygen atoms in total. The van der Waals surface area contributed by atoms with Crippen LogP contribution in [-0.2, 0) is 17.8 Å². The largest absolute Gasteiger partial charge is 0.345 e. The first-order chi connectivity index (χ1) is 11.1. The highest BCUT2D eigenvalue weighted by molar-refractivity contribution is 5.77. The molecular formula is C20H27N2O+. The van der Waals surface area contributed by atoms with Crippen molar-refractivity contribution in [1.82, 2.24) is 5.32 Å². The van der Waals surface area contributed by atoms with Gasteiger partial charge in [0.1, 0.15) is 6.54 Å². The van der Waals surface area contributed by atoms with Crippen LogP contribution in [0.15, 0.2) is 54.6 Å². The number of benzene rings is 2. The van der Waals surface area contributed by atoms with Crippen molar-refractivity contribution in [2.24, 2.45) is 0 Å².